The molecule has 4 N–H and O–H groups in total. The molecule has 6 nitrogen and oxygen atoms in total. The maximum Gasteiger partial charge on any atom is 0.172 e. The van der Waals surface area contributed by atoms with Gasteiger partial charge in [-0.05, 0) is 48.6 Å². The van der Waals surface area contributed by atoms with E-state index in [2.05, 4.69) is 25.5 Å². The van der Waals surface area contributed by atoms with Gasteiger partial charge in [-0.1, -0.05) is 6.07 Å². The molecule has 0 saturated heterocycles. The quantitative estimate of drug-likeness (QED) is 0.491. The molecule has 0 amide bonds. The Morgan fingerprint density at radius 1 is 1.12 bits per heavy atom. The first-order valence-corrected chi connectivity index (χ1v) is 8.39. The molecule has 0 aliphatic rings. The molecule has 0 unspecified atom stereocenters. The fraction of sp³-hybridized carbons (Fsp3) is 0.118. The van der Waals surface area contributed by atoms with Gasteiger partial charge in [0.2, 0.25) is 0 Å². The van der Waals surface area contributed by atoms with Crippen molar-refractivity contribution in [1.82, 2.24) is 20.2 Å². The van der Waals surface area contributed by atoms with Crippen LogP contribution in [0.1, 0.15) is 11.1 Å². The van der Waals surface area contributed by atoms with Crippen LogP contribution in [0.5, 0.6) is 0 Å². The molecule has 120 valence electrons. The summed E-state index contributed by atoms with van der Waals surface area (Å²) in [6.45, 7) is 4.05. The standard InChI is InChI=1S/C17H16N6S/c1-9-10(2)12(6-5-11(9)18)20-17-15-13(8-19-23-15)21-16(22-17)14-4-3-7-24-14/h3-8H,18H2,1-2H3,(H,19,23)(H,20,21,22). The molecule has 4 aromatic rings. The number of thiophene rings is 1. The van der Waals surface area contributed by atoms with E-state index in [-0.39, 0.29) is 0 Å². The van der Waals surface area contributed by atoms with E-state index in [9.17, 15) is 0 Å². The number of aromatic nitrogens is 4. The third-order valence-corrected chi connectivity index (χ3v) is 4.99. The van der Waals surface area contributed by atoms with Crippen molar-refractivity contribution in [2.24, 2.45) is 0 Å². The van der Waals surface area contributed by atoms with Crippen LogP contribution < -0.4 is 11.1 Å². The van der Waals surface area contributed by atoms with Crippen molar-refractivity contribution in [3.8, 4) is 10.7 Å². The summed E-state index contributed by atoms with van der Waals surface area (Å²) in [5.41, 5.74) is 11.4. The van der Waals surface area contributed by atoms with Crippen LogP contribution in [-0.2, 0) is 0 Å². The van der Waals surface area contributed by atoms with E-state index < -0.39 is 0 Å². The Hall–Kier alpha value is -2.93. The van der Waals surface area contributed by atoms with Crippen LogP contribution >= 0.6 is 11.3 Å². The summed E-state index contributed by atoms with van der Waals surface area (Å²) in [5, 5.41) is 12.5. The van der Waals surface area contributed by atoms with E-state index in [1.165, 1.54) is 0 Å². The largest absolute Gasteiger partial charge is 0.399 e. The van der Waals surface area contributed by atoms with Crippen LogP contribution in [0.25, 0.3) is 21.7 Å². The average Bonchev–Trinajstić information content (AvgIpc) is 3.26. The zero-order valence-corrected chi connectivity index (χ0v) is 14.1. The van der Waals surface area contributed by atoms with E-state index >= 15 is 0 Å². The Morgan fingerprint density at radius 3 is 2.79 bits per heavy atom. The Kier molecular flexibility index (Phi) is 3.42. The molecule has 4 rings (SSSR count). The Morgan fingerprint density at radius 2 is 2.00 bits per heavy atom. The molecule has 7 heteroatoms. The highest BCUT2D eigenvalue weighted by atomic mass is 32.1. The normalized spacial score (nSPS) is 11.1. The first kappa shape index (κ1) is 14.6. The molecule has 24 heavy (non-hydrogen) atoms. The summed E-state index contributed by atoms with van der Waals surface area (Å²) < 4.78 is 0. The molecular formula is C17H16N6S. The Bertz CT molecular complexity index is 1020. The summed E-state index contributed by atoms with van der Waals surface area (Å²) in [7, 11) is 0. The predicted molar refractivity (Wildman–Crippen MR) is 98.6 cm³/mol. The SMILES string of the molecule is Cc1c(N)ccc(Nc2nc(-c3cccs3)nc3cn[nH]c23)c1C. The van der Waals surface area contributed by atoms with Gasteiger partial charge in [0.25, 0.3) is 0 Å². The molecule has 0 radical (unpaired) electrons. The number of nitrogens with one attached hydrogen (secondary N) is 2. The first-order chi connectivity index (χ1) is 11.6. The van der Waals surface area contributed by atoms with Crippen LogP contribution in [0.3, 0.4) is 0 Å². The van der Waals surface area contributed by atoms with E-state index in [0.29, 0.717) is 11.6 Å². The van der Waals surface area contributed by atoms with Gasteiger partial charge in [-0.2, -0.15) is 5.10 Å². The van der Waals surface area contributed by atoms with Gasteiger partial charge in [-0.15, -0.1) is 11.3 Å². The van der Waals surface area contributed by atoms with Crippen LogP contribution in [0.15, 0.2) is 35.8 Å². The highest BCUT2D eigenvalue weighted by molar-refractivity contribution is 7.13. The highest BCUT2D eigenvalue weighted by Crippen LogP contribution is 2.30. The number of benzene rings is 1. The molecule has 3 aromatic heterocycles. The molecule has 0 aliphatic carbocycles. The number of rotatable bonds is 3. The maximum atomic E-state index is 5.98. The Balaban J connectivity index is 1.84. The van der Waals surface area contributed by atoms with E-state index in [0.717, 1.165) is 38.4 Å². The van der Waals surface area contributed by atoms with Crippen LogP contribution in [0.2, 0.25) is 0 Å². The van der Waals surface area contributed by atoms with Gasteiger partial charge in [0, 0.05) is 11.4 Å². The van der Waals surface area contributed by atoms with Crippen LogP contribution in [0.4, 0.5) is 17.2 Å². The van der Waals surface area contributed by atoms with Gasteiger partial charge in [0.15, 0.2) is 11.6 Å². The monoisotopic (exact) mass is 336 g/mol. The van der Waals surface area contributed by atoms with E-state index in [4.69, 9.17) is 5.73 Å². The zero-order chi connectivity index (χ0) is 16.7. The van der Waals surface area contributed by atoms with Crippen molar-refractivity contribution in [2.45, 2.75) is 13.8 Å². The maximum absolute atomic E-state index is 5.98. The van der Waals surface area contributed by atoms with Crippen molar-refractivity contribution in [3.63, 3.8) is 0 Å². The molecule has 0 aliphatic heterocycles. The summed E-state index contributed by atoms with van der Waals surface area (Å²) >= 11 is 1.61. The van der Waals surface area contributed by atoms with Crippen LogP contribution in [0, 0.1) is 13.8 Å². The highest BCUT2D eigenvalue weighted by Gasteiger charge is 2.13. The number of hydrogen-bond acceptors (Lipinski definition) is 6. The fourth-order valence-corrected chi connectivity index (χ4v) is 3.21. The van der Waals surface area contributed by atoms with Gasteiger partial charge in [0.1, 0.15) is 11.0 Å². The number of anilines is 3. The number of aromatic amines is 1. The molecule has 0 spiro atoms. The van der Waals surface area contributed by atoms with Crippen molar-refractivity contribution < 1.29 is 0 Å². The zero-order valence-electron chi connectivity index (χ0n) is 13.3. The molecule has 0 fully saturated rings. The second kappa shape index (κ2) is 5.61. The molecular weight excluding hydrogens is 320 g/mol. The van der Waals surface area contributed by atoms with Gasteiger partial charge >= 0.3 is 0 Å². The third kappa shape index (κ3) is 2.39. The topological polar surface area (TPSA) is 92.5 Å². The second-order valence-electron chi connectivity index (χ2n) is 5.58. The molecule has 0 saturated carbocycles. The number of fused-ring (bicyclic) bond motifs is 1. The molecule has 1 aromatic carbocycles. The van der Waals surface area contributed by atoms with Crippen molar-refractivity contribution in [3.05, 3.63) is 47.0 Å². The molecule has 0 atom stereocenters. The molecule has 0 bridgehead atoms. The summed E-state index contributed by atoms with van der Waals surface area (Å²) in [6, 6.07) is 7.86. The second-order valence-corrected chi connectivity index (χ2v) is 6.53. The third-order valence-electron chi connectivity index (χ3n) is 4.12. The number of nitrogens with two attached hydrogens (primary N) is 1. The summed E-state index contributed by atoms with van der Waals surface area (Å²) in [6.07, 6.45) is 1.71. The number of H-pyrrole nitrogens is 1. The van der Waals surface area contributed by atoms with Crippen molar-refractivity contribution in [2.75, 3.05) is 11.1 Å². The minimum Gasteiger partial charge on any atom is -0.399 e. The lowest BCUT2D eigenvalue weighted by Gasteiger charge is -2.13. The number of nitrogen functional groups attached to an aromatic ring is 1. The number of hydrogen-bond donors (Lipinski definition) is 3. The lowest BCUT2D eigenvalue weighted by atomic mass is 10.1. The minimum absolute atomic E-state index is 0.686. The van der Waals surface area contributed by atoms with Gasteiger partial charge < -0.3 is 11.1 Å². The van der Waals surface area contributed by atoms with E-state index in [1.54, 1.807) is 17.5 Å². The molecule has 3 heterocycles. The summed E-state index contributed by atoms with van der Waals surface area (Å²) in [4.78, 5) is 10.3. The first-order valence-electron chi connectivity index (χ1n) is 7.51. The van der Waals surface area contributed by atoms with Crippen molar-refractivity contribution >= 4 is 39.6 Å². The smallest absolute Gasteiger partial charge is 0.172 e. The minimum atomic E-state index is 0.686. The predicted octanol–water partition coefficient (Wildman–Crippen LogP) is 4.02. The van der Waals surface area contributed by atoms with Gasteiger partial charge in [0.05, 0.1) is 11.1 Å². The van der Waals surface area contributed by atoms with E-state index in [1.807, 2.05) is 43.5 Å². The average molecular weight is 336 g/mol. The Labute approximate surface area is 142 Å². The summed E-state index contributed by atoms with van der Waals surface area (Å²) in [5.74, 6) is 1.39. The van der Waals surface area contributed by atoms with Gasteiger partial charge in [-0.25, -0.2) is 9.97 Å². The number of nitrogens with zero attached hydrogens (tertiary/aromatic N) is 3. The van der Waals surface area contributed by atoms with Crippen LogP contribution in [-0.4, -0.2) is 20.2 Å². The van der Waals surface area contributed by atoms with Gasteiger partial charge in [-0.3, -0.25) is 5.10 Å². The van der Waals surface area contributed by atoms with Crippen molar-refractivity contribution in [1.29, 1.82) is 0 Å². The lowest BCUT2D eigenvalue weighted by molar-refractivity contribution is 1.11. The lowest BCUT2D eigenvalue weighted by Crippen LogP contribution is -2.02. The fourth-order valence-electron chi connectivity index (χ4n) is 2.55.